The number of nitrogens with zero attached hydrogens (tertiary/aromatic N) is 2. The molecule has 0 bridgehead atoms. The SMILES string of the molecule is Cc1ccc(C)c(-c2cc(C(F)(F)F)c(=O)n(C3CCCCO3)n2)c1. The first kappa shape index (κ1) is 17.7. The lowest BCUT2D eigenvalue weighted by Crippen LogP contribution is -2.35. The Hall–Kier alpha value is -2.15. The molecule has 7 heteroatoms. The summed E-state index contributed by atoms with van der Waals surface area (Å²) in [5, 5.41) is 4.22. The molecule has 0 spiro atoms. The van der Waals surface area contributed by atoms with E-state index in [9.17, 15) is 18.0 Å². The van der Waals surface area contributed by atoms with Crippen molar-refractivity contribution in [3.8, 4) is 11.3 Å². The molecule has 2 heterocycles. The van der Waals surface area contributed by atoms with Crippen LogP contribution in [0.15, 0.2) is 29.1 Å². The van der Waals surface area contributed by atoms with E-state index in [4.69, 9.17) is 4.74 Å². The molecule has 1 atom stereocenters. The molecule has 1 aromatic carbocycles. The summed E-state index contributed by atoms with van der Waals surface area (Å²) >= 11 is 0. The number of halogens is 3. The average Bonchev–Trinajstić information content (AvgIpc) is 2.57. The third-order valence-corrected chi connectivity index (χ3v) is 4.34. The first-order valence-corrected chi connectivity index (χ1v) is 8.17. The van der Waals surface area contributed by atoms with Gasteiger partial charge in [-0.15, -0.1) is 0 Å². The molecule has 1 saturated heterocycles. The predicted molar refractivity (Wildman–Crippen MR) is 87.2 cm³/mol. The third-order valence-electron chi connectivity index (χ3n) is 4.34. The molecule has 25 heavy (non-hydrogen) atoms. The Kier molecular flexibility index (Phi) is 4.69. The number of rotatable bonds is 2. The summed E-state index contributed by atoms with van der Waals surface area (Å²) in [7, 11) is 0. The maximum absolute atomic E-state index is 13.4. The van der Waals surface area contributed by atoms with Crippen LogP contribution in [0.2, 0.25) is 0 Å². The second-order valence-corrected chi connectivity index (χ2v) is 6.33. The van der Waals surface area contributed by atoms with Gasteiger partial charge in [-0.3, -0.25) is 4.79 Å². The Bertz CT molecular complexity index is 837. The lowest BCUT2D eigenvalue weighted by molar-refractivity contribution is -0.140. The fourth-order valence-corrected chi connectivity index (χ4v) is 2.97. The van der Waals surface area contributed by atoms with Crippen molar-refractivity contribution in [1.29, 1.82) is 0 Å². The minimum atomic E-state index is -4.75. The normalized spacial score (nSPS) is 18.4. The molecule has 2 aromatic rings. The van der Waals surface area contributed by atoms with E-state index in [1.54, 1.807) is 13.0 Å². The quantitative estimate of drug-likeness (QED) is 0.812. The van der Waals surface area contributed by atoms with E-state index in [1.807, 2.05) is 19.1 Å². The molecule has 1 aromatic heterocycles. The summed E-state index contributed by atoms with van der Waals surface area (Å²) in [4.78, 5) is 12.4. The van der Waals surface area contributed by atoms with E-state index in [0.29, 0.717) is 18.6 Å². The van der Waals surface area contributed by atoms with E-state index in [-0.39, 0.29) is 5.69 Å². The number of ether oxygens (including phenoxy) is 1. The van der Waals surface area contributed by atoms with Crippen LogP contribution >= 0.6 is 0 Å². The van der Waals surface area contributed by atoms with Crippen LogP contribution < -0.4 is 5.56 Å². The lowest BCUT2D eigenvalue weighted by atomic mass is 10.0. The zero-order chi connectivity index (χ0) is 18.2. The van der Waals surface area contributed by atoms with Gasteiger partial charge in [0.15, 0.2) is 6.23 Å². The molecule has 0 saturated carbocycles. The zero-order valence-corrected chi connectivity index (χ0v) is 14.1. The second-order valence-electron chi connectivity index (χ2n) is 6.33. The maximum Gasteiger partial charge on any atom is 0.421 e. The van der Waals surface area contributed by atoms with Gasteiger partial charge in [0, 0.05) is 12.2 Å². The molecular formula is C18H19F3N2O2. The molecule has 0 amide bonds. The number of aromatic nitrogens is 2. The third kappa shape index (κ3) is 3.61. The summed E-state index contributed by atoms with van der Waals surface area (Å²) in [6.45, 7) is 4.07. The molecule has 134 valence electrons. The molecule has 1 unspecified atom stereocenters. The Morgan fingerprint density at radius 3 is 2.60 bits per heavy atom. The molecule has 1 aliphatic rings. The van der Waals surface area contributed by atoms with Crippen LogP contribution in [0, 0.1) is 13.8 Å². The predicted octanol–water partition coefficient (Wildman–Crippen LogP) is 4.25. The molecule has 0 aliphatic carbocycles. The van der Waals surface area contributed by atoms with Crippen LogP contribution in [0.4, 0.5) is 13.2 Å². The fourth-order valence-electron chi connectivity index (χ4n) is 2.97. The number of benzene rings is 1. The van der Waals surface area contributed by atoms with Crippen molar-refractivity contribution in [2.24, 2.45) is 0 Å². The largest absolute Gasteiger partial charge is 0.421 e. The zero-order valence-electron chi connectivity index (χ0n) is 14.1. The number of hydrogen-bond acceptors (Lipinski definition) is 3. The van der Waals surface area contributed by atoms with Gasteiger partial charge in [0.2, 0.25) is 0 Å². The fraction of sp³-hybridized carbons (Fsp3) is 0.444. The Labute approximate surface area is 143 Å². The highest BCUT2D eigenvalue weighted by atomic mass is 19.4. The minimum Gasteiger partial charge on any atom is -0.356 e. The van der Waals surface area contributed by atoms with Gasteiger partial charge in [0.1, 0.15) is 5.56 Å². The molecular weight excluding hydrogens is 333 g/mol. The summed E-state index contributed by atoms with van der Waals surface area (Å²) in [6, 6.07) is 6.31. The second kappa shape index (κ2) is 6.63. The van der Waals surface area contributed by atoms with Crippen LogP contribution in [0.1, 0.15) is 42.2 Å². The molecule has 1 fully saturated rings. The number of aryl methyl sites for hydroxylation is 2. The molecule has 0 radical (unpaired) electrons. The van der Waals surface area contributed by atoms with Crippen LogP contribution in [-0.4, -0.2) is 16.4 Å². The van der Waals surface area contributed by atoms with Crippen molar-refractivity contribution in [2.75, 3.05) is 6.61 Å². The number of hydrogen-bond donors (Lipinski definition) is 0. The van der Waals surface area contributed by atoms with Gasteiger partial charge in [-0.2, -0.15) is 23.0 Å². The summed E-state index contributed by atoms with van der Waals surface area (Å²) < 4.78 is 46.5. The average molecular weight is 352 g/mol. The lowest BCUT2D eigenvalue weighted by Gasteiger charge is -2.25. The van der Waals surface area contributed by atoms with Crippen LogP contribution in [0.3, 0.4) is 0 Å². The Balaban J connectivity index is 2.22. The van der Waals surface area contributed by atoms with Gasteiger partial charge < -0.3 is 4.74 Å². The molecule has 3 rings (SSSR count). The molecule has 0 N–H and O–H groups in total. The minimum absolute atomic E-state index is 0.127. The van der Waals surface area contributed by atoms with E-state index < -0.39 is 23.5 Å². The standard InChI is InChI=1S/C18H19F3N2O2/c1-11-6-7-12(2)13(9-11)15-10-14(18(19,20)21)17(24)23(22-15)16-5-3-4-8-25-16/h6-7,9-10,16H,3-5,8H2,1-2H3. The van der Waals surface area contributed by atoms with E-state index >= 15 is 0 Å². The van der Waals surface area contributed by atoms with Crippen molar-refractivity contribution in [3.05, 3.63) is 51.3 Å². The topological polar surface area (TPSA) is 44.1 Å². The molecule has 4 nitrogen and oxygen atoms in total. The van der Waals surface area contributed by atoms with Gasteiger partial charge in [-0.25, -0.2) is 0 Å². The van der Waals surface area contributed by atoms with Gasteiger partial charge >= 0.3 is 6.18 Å². The van der Waals surface area contributed by atoms with Crippen LogP contribution in [-0.2, 0) is 10.9 Å². The van der Waals surface area contributed by atoms with Gasteiger partial charge in [-0.05, 0) is 50.8 Å². The summed E-state index contributed by atoms with van der Waals surface area (Å²) in [6.07, 6.45) is -3.42. The van der Waals surface area contributed by atoms with Crippen molar-refractivity contribution in [3.63, 3.8) is 0 Å². The smallest absolute Gasteiger partial charge is 0.356 e. The molecule has 1 aliphatic heterocycles. The van der Waals surface area contributed by atoms with Gasteiger partial charge in [-0.1, -0.05) is 17.7 Å². The first-order valence-electron chi connectivity index (χ1n) is 8.17. The maximum atomic E-state index is 13.4. The van der Waals surface area contributed by atoms with E-state index in [0.717, 1.165) is 34.7 Å². The van der Waals surface area contributed by atoms with Crippen LogP contribution in [0.25, 0.3) is 11.3 Å². The van der Waals surface area contributed by atoms with E-state index in [1.165, 1.54) is 0 Å². The van der Waals surface area contributed by atoms with Gasteiger partial charge in [0.25, 0.3) is 5.56 Å². The summed E-state index contributed by atoms with van der Waals surface area (Å²) in [5.41, 5.74) is 0.0296. The number of alkyl halides is 3. The van der Waals surface area contributed by atoms with Crippen LogP contribution in [0.5, 0.6) is 0 Å². The van der Waals surface area contributed by atoms with Gasteiger partial charge in [0.05, 0.1) is 5.69 Å². The van der Waals surface area contributed by atoms with Crippen molar-refractivity contribution < 1.29 is 17.9 Å². The highest BCUT2D eigenvalue weighted by molar-refractivity contribution is 5.64. The highest BCUT2D eigenvalue weighted by Crippen LogP contribution is 2.31. The Morgan fingerprint density at radius 1 is 1.20 bits per heavy atom. The van der Waals surface area contributed by atoms with Crippen molar-refractivity contribution >= 4 is 0 Å². The summed E-state index contributed by atoms with van der Waals surface area (Å²) in [5.74, 6) is 0. The van der Waals surface area contributed by atoms with Crippen molar-refractivity contribution in [2.45, 2.75) is 45.5 Å². The van der Waals surface area contributed by atoms with Crippen molar-refractivity contribution in [1.82, 2.24) is 9.78 Å². The highest BCUT2D eigenvalue weighted by Gasteiger charge is 2.37. The van der Waals surface area contributed by atoms with E-state index in [2.05, 4.69) is 5.10 Å². The Morgan fingerprint density at radius 2 is 1.96 bits per heavy atom. The monoisotopic (exact) mass is 352 g/mol. The first-order chi connectivity index (χ1) is 11.8.